The summed E-state index contributed by atoms with van der Waals surface area (Å²) in [4.78, 5) is 30.5. The van der Waals surface area contributed by atoms with Crippen molar-refractivity contribution in [2.24, 2.45) is 0 Å². The number of carbonyl (C=O) groups excluding carboxylic acids is 1. The van der Waals surface area contributed by atoms with E-state index in [0.717, 1.165) is 5.56 Å². The fourth-order valence-corrected chi connectivity index (χ4v) is 3.19. The van der Waals surface area contributed by atoms with Gasteiger partial charge in [0.1, 0.15) is 0 Å². The van der Waals surface area contributed by atoms with Crippen molar-refractivity contribution in [3.63, 3.8) is 0 Å². The number of rotatable bonds is 3. The van der Waals surface area contributed by atoms with E-state index in [-0.39, 0.29) is 5.91 Å². The highest BCUT2D eigenvalue weighted by atomic mass is 35.5. The molecule has 1 amide bonds. The number of carbonyl (C=O) groups is 1. The first kappa shape index (κ1) is 15.6. The predicted molar refractivity (Wildman–Crippen MR) is 97.3 cm³/mol. The predicted octanol–water partition coefficient (Wildman–Crippen LogP) is 4.15. The second-order valence-electron chi connectivity index (χ2n) is 5.22. The molecule has 0 bridgehead atoms. The molecule has 8 heteroatoms. The van der Waals surface area contributed by atoms with Gasteiger partial charge in [-0.15, -0.1) is 11.3 Å². The lowest BCUT2D eigenvalue weighted by molar-refractivity contribution is 0.102. The average Bonchev–Trinajstić information content (AvgIpc) is 3.20. The summed E-state index contributed by atoms with van der Waals surface area (Å²) < 4.78 is 4.98. The van der Waals surface area contributed by atoms with Gasteiger partial charge in [-0.1, -0.05) is 11.6 Å². The van der Waals surface area contributed by atoms with E-state index < -0.39 is 5.76 Å². The zero-order valence-electron chi connectivity index (χ0n) is 12.6. The molecule has 0 fully saturated rings. The van der Waals surface area contributed by atoms with E-state index in [0.29, 0.717) is 32.5 Å². The molecule has 0 aliphatic heterocycles. The molecular weight excluding hydrogens is 362 g/mol. The van der Waals surface area contributed by atoms with Crippen LogP contribution in [-0.2, 0) is 0 Å². The molecule has 0 saturated carbocycles. The molecule has 0 saturated heterocycles. The smallest absolute Gasteiger partial charge is 0.408 e. The maximum absolute atomic E-state index is 12.2. The van der Waals surface area contributed by atoms with E-state index in [1.54, 1.807) is 42.5 Å². The molecule has 4 rings (SSSR count). The number of thiazole rings is 1. The maximum Gasteiger partial charge on any atom is 0.417 e. The van der Waals surface area contributed by atoms with Crippen molar-refractivity contribution in [3.8, 4) is 11.3 Å². The van der Waals surface area contributed by atoms with Gasteiger partial charge < -0.3 is 4.42 Å². The summed E-state index contributed by atoms with van der Waals surface area (Å²) in [6.45, 7) is 0. The lowest BCUT2D eigenvalue weighted by atomic mass is 10.1. The minimum atomic E-state index is -0.499. The molecule has 4 aromatic rings. The van der Waals surface area contributed by atoms with Gasteiger partial charge in [0.15, 0.2) is 10.7 Å². The average molecular weight is 372 g/mol. The number of nitrogens with zero attached hydrogens (tertiary/aromatic N) is 1. The summed E-state index contributed by atoms with van der Waals surface area (Å²) in [7, 11) is 0. The van der Waals surface area contributed by atoms with Gasteiger partial charge in [0.25, 0.3) is 5.91 Å². The van der Waals surface area contributed by atoms with Crippen molar-refractivity contribution in [1.29, 1.82) is 0 Å². The highest BCUT2D eigenvalue weighted by Crippen LogP contribution is 2.27. The second-order valence-corrected chi connectivity index (χ2v) is 6.52. The van der Waals surface area contributed by atoms with Gasteiger partial charge in [-0.2, -0.15) is 0 Å². The van der Waals surface area contributed by atoms with Crippen molar-refractivity contribution < 1.29 is 9.21 Å². The number of H-pyrrole nitrogens is 1. The third-order valence-electron chi connectivity index (χ3n) is 3.55. The van der Waals surface area contributed by atoms with E-state index in [9.17, 15) is 9.59 Å². The molecule has 2 aromatic heterocycles. The van der Waals surface area contributed by atoms with Gasteiger partial charge in [0.2, 0.25) is 0 Å². The number of nitrogens with one attached hydrogen (secondary N) is 2. The summed E-state index contributed by atoms with van der Waals surface area (Å²) in [5.41, 5.74) is 3.09. The van der Waals surface area contributed by atoms with Crippen LogP contribution in [0, 0.1) is 0 Å². The quantitative estimate of drug-likeness (QED) is 0.566. The van der Waals surface area contributed by atoms with Crippen LogP contribution in [0.2, 0.25) is 5.02 Å². The van der Waals surface area contributed by atoms with Crippen LogP contribution in [0.4, 0.5) is 5.13 Å². The number of fused-ring (bicyclic) bond motifs is 1. The van der Waals surface area contributed by atoms with Gasteiger partial charge >= 0.3 is 5.76 Å². The normalized spacial score (nSPS) is 10.9. The largest absolute Gasteiger partial charge is 0.417 e. The number of halogens is 1. The zero-order valence-corrected chi connectivity index (χ0v) is 14.1. The molecule has 0 radical (unpaired) electrons. The zero-order chi connectivity index (χ0) is 17.4. The first-order chi connectivity index (χ1) is 12.1. The van der Waals surface area contributed by atoms with Crippen LogP contribution in [0.3, 0.4) is 0 Å². The molecule has 2 heterocycles. The van der Waals surface area contributed by atoms with Gasteiger partial charge in [-0.3, -0.25) is 15.1 Å². The van der Waals surface area contributed by atoms with Gasteiger partial charge in [-0.25, -0.2) is 9.78 Å². The van der Waals surface area contributed by atoms with Gasteiger partial charge in [-0.05, 0) is 42.5 Å². The molecule has 2 aromatic carbocycles. The van der Waals surface area contributed by atoms with Crippen molar-refractivity contribution in [3.05, 3.63) is 69.0 Å². The fourth-order valence-electron chi connectivity index (χ4n) is 2.35. The van der Waals surface area contributed by atoms with Crippen molar-refractivity contribution in [1.82, 2.24) is 9.97 Å². The maximum atomic E-state index is 12.2. The van der Waals surface area contributed by atoms with Gasteiger partial charge in [0.05, 0.1) is 11.2 Å². The van der Waals surface area contributed by atoms with Crippen LogP contribution in [0.15, 0.2) is 57.1 Å². The van der Waals surface area contributed by atoms with E-state index in [2.05, 4.69) is 15.3 Å². The Morgan fingerprint density at radius 2 is 2.00 bits per heavy atom. The van der Waals surface area contributed by atoms with Crippen molar-refractivity contribution in [2.75, 3.05) is 5.32 Å². The van der Waals surface area contributed by atoms with Crippen LogP contribution in [0.25, 0.3) is 22.4 Å². The molecule has 0 aliphatic carbocycles. The van der Waals surface area contributed by atoms with Crippen molar-refractivity contribution in [2.45, 2.75) is 0 Å². The third-order valence-corrected chi connectivity index (χ3v) is 4.56. The number of hydrogen-bond acceptors (Lipinski definition) is 5. The monoisotopic (exact) mass is 371 g/mol. The summed E-state index contributed by atoms with van der Waals surface area (Å²) in [6, 6.07) is 11.9. The minimum Gasteiger partial charge on any atom is -0.408 e. The number of aromatic amines is 1. The molecule has 124 valence electrons. The standard InChI is InChI=1S/C17H10ClN3O3S/c18-11-4-1-9(2-5-11)15(22)21-16-19-13(8-25-16)10-3-6-14-12(7-10)20-17(23)24-14/h1-8H,(H,20,23)(H,19,21,22). The number of aromatic nitrogens is 2. The molecule has 0 aliphatic rings. The molecule has 25 heavy (non-hydrogen) atoms. The Bertz CT molecular complexity index is 1130. The molecule has 6 nitrogen and oxygen atoms in total. The summed E-state index contributed by atoms with van der Waals surface area (Å²) in [5.74, 6) is -0.756. The second kappa shape index (κ2) is 6.19. The van der Waals surface area contributed by atoms with Crippen LogP contribution in [0.1, 0.15) is 10.4 Å². The Kier molecular flexibility index (Phi) is 3.87. The highest BCUT2D eigenvalue weighted by molar-refractivity contribution is 7.14. The molecule has 0 unspecified atom stereocenters. The topological polar surface area (TPSA) is 88.0 Å². The van der Waals surface area contributed by atoms with Crippen molar-refractivity contribution >= 4 is 45.1 Å². The first-order valence-corrected chi connectivity index (χ1v) is 8.50. The van der Waals surface area contributed by atoms with Gasteiger partial charge in [0, 0.05) is 21.5 Å². The summed E-state index contributed by atoms with van der Waals surface area (Å²) >= 11 is 7.14. The number of hydrogen-bond donors (Lipinski definition) is 2. The number of oxazole rings is 1. The minimum absolute atomic E-state index is 0.257. The van der Waals surface area contributed by atoms with E-state index >= 15 is 0 Å². The Morgan fingerprint density at radius 1 is 1.20 bits per heavy atom. The fraction of sp³-hybridized carbons (Fsp3) is 0. The highest BCUT2D eigenvalue weighted by Gasteiger charge is 2.11. The van der Waals surface area contributed by atoms with E-state index in [4.69, 9.17) is 16.0 Å². The Labute approximate surface area is 150 Å². The summed E-state index contributed by atoms with van der Waals surface area (Å²) in [6.07, 6.45) is 0. The third kappa shape index (κ3) is 3.19. The van der Waals surface area contributed by atoms with Crippen LogP contribution in [0.5, 0.6) is 0 Å². The molecular formula is C17H10ClN3O3S. The number of anilines is 1. The summed E-state index contributed by atoms with van der Waals surface area (Å²) in [5, 5.41) is 5.64. The lowest BCUT2D eigenvalue weighted by Crippen LogP contribution is -2.11. The Balaban J connectivity index is 1.57. The first-order valence-electron chi connectivity index (χ1n) is 7.24. The van der Waals surface area contributed by atoms with E-state index in [1.807, 2.05) is 5.38 Å². The number of amides is 1. The SMILES string of the molecule is O=C(Nc1nc(-c2ccc3oc(=O)[nH]c3c2)cs1)c1ccc(Cl)cc1. The molecule has 2 N–H and O–H groups in total. The van der Waals surface area contributed by atoms with Crippen LogP contribution in [-0.4, -0.2) is 15.9 Å². The van der Waals surface area contributed by atoms with Crippen LogP contribution >= 0.6 is 22.9 Å². The Morgan fingerprint density at radius 3 is 2.80 bits per heavy atom. The number of benzene rings is 2. The Hall–Kier alpha value is -2.90. The molecule has 0 spiro atoms. The molecule has 0 atom stereocenters. The van der Waals surface area contributed by atoms with E-state index in [1.165, 1.54) is 11.3 Å². The lowest BCUT2D eigenvalue weighted by Gasteiger charge is -2.01. The van der Waals surface area contributed by atoms with Crippen LogP contribution < -0.4 is 11.1 Å².